The summed E-state index contributed by atoms with van der Waals surface area (Å²) in [5.41, 5.74) is 2.89. The highest BCUT2D eigenvalue weighted by Gasteiger charge is 2.26. The molecule has 0 aliphatic carbocycles. The van der Waals surface area contributed by atoms with Crippen molar-refractivity contribution in [3.63, 3.8) is 0 Å². The van der Waals surface area contributed by atoms with E-state index in [9.17, 15) is 13.2 Å². The number of carbonyl (C=O) groups excluding carboxylic acids is 1. The molecule has 2 aliphatic rings. The minimum absolute atomic E-state index is 0.241. The second kappa shape index (κ2) is 11.1. The second-order valence-corrected chi connectivity index (χ2v) is 11.7. The number of ether oxygens (including phenoxy) is 1. The van der Waals surface area contributed by atoms with Crippen LogP contribution in [0.25, 0.3) is 11.3 Å². The van der Waals surface area contributed by atoms with Gasteiger partial charge in [0.15, 0.2) is 4.80 Å². The van der Waals surface area contributed by atoms with Crippen molar-refractivity contribution in [2.75, 3.05) is 39.4 Å². The molecule has 1 aromatic heterocycles. The van der Waals surface area contributed by atoms with Gasteiger partial charge in [0, 0.05) is 44.5 Å². The first kappa shape index (κ1) is 24.9. The van der Waals surface area contributed by atoms with Gasteiger partial charge in [-0.1, -0.05) is 30.3 Å². The number of carbonyl (C=O) groups is 1. The van der Waals surface area contributed by atoms with Crippen LogP contribution in [0.15, 0.2) is 69.9 Å². The lowest BCUT2D eigenvalue weighted by molar-refractivity contribution is -0.127. The second-order valence-electron chi connectivity index (χ2n) is 8.88. The van der Waals surface area contributed by atoms with Gasteiger partial charge in [-0.15, -0.1) is 11.3 Å². The molecule has 5 rings (SSSR count). The van der Waals surface area contributed by atoms with E-state index in [2.05, 4.69) is 22.1 Å². The molecule has 0 bridgehead atoms. The number of amides is 1. The molecule has 2 saturated heterocycles. The first-order chi connectivity index (χ1) is 17.5. The van der Waals surface area contributed by atoms with E-state index in [4.69, 9.17) is 9.73 Å². The predicted octanol–water partition coefficient (Wildman–Crippen LogP) is 3.48. The minimum Gasteiger partial charge on any atom is -0.379 e. The van der Waals surface area contributed by atoms with E-state index in [1.165, 1.54) is 4.31 Å². The largest absolute Gasteiger partial charge is 0.379 e. The molecule has 3 heterocycles. The van der Waals surface area contributed by atoms with Crippen molar-refractivity contribution in [1.82, 2.24) is 13.8 Å². The van der Waals surface area contributed by atoms with Crippen molar-refractivity contribution in [3.05, 3.63) is 64.8 Å². The molecule has 0 unspecified atom stereocenters. The monoisotopic (exact) mass is 526 g/mol. The molecule has 10 heteroatoms. The maximum Gasteiger partial charge on any atom is 0.243 e. The molecule has 8 nitrogen and oxygen atoms in total. The Hall–Kier alpha value is -2.79. The first-order valence-corrected chi connectivity index (χ1v) is 14.6. The van der Waals surface area contributed by atoms with Crippen LogP contribution in [0.1, 0.15) is 19.3 Å². The molecule has 0 radical (unpaired) electrons. The van der Waals surface area contributed by atoms with Gasteiger partial charge in [-0.2, -0.15) is 4.31 Å². The van der Waals surface area contributed by atoms with Crippen molar-refractivity contribution in [2.45, 2.75) is 30.7 Å². The Balaban J connectivity index is 1.40. The maximum absolute atomic E-state index is 12.9. The molecule has 0 saturated carbocycles. The van der Waals surface area contributed by atoms with Gasteiger partial charge in [0.1, 0.15) is 0 Å². The smallest absolute Gasteiger partial charge is 0.243 e. The fourth-order valence-electron chi connectivity index (χ4n) is 4.57. The topological polar surface area (TPSA) is 84.2 Å². The summed E-state index contributed by atoms with van der Waals surface area (Å²) in [6.45, 7) is 3.89. The quantitative estimate of drug-likeness (QED) is 0.450. The van der Waals surface area contributed by atoms with Crippen LogP contribution in [0.3, 0.4) is 0 Å². The lowest BCUT2D eigenvalue weighted by atomic mass is 10.2. The highest BCUT2D eigenvalue weighted by molar-refractivity contribution is 7.89. The highest BCUT2D eigenvalue weighted by Crippen LogP contribution is 2.23. The van der Waals surface area contributed by atoms with Gasteiger partial charge in [0.05, 0.1) is 29.5 Å². The van der Waals surface area contributed by atoms with Crippen molar-refractivity contribution >= 4 is 33.0 Å². The van der Waals surface area contributed by atoms with Gasteiger partial charge in [0.25, 0.3) is 0 Å². The molecule has 2 aliphatic heterocycles. The number of rotatable bonds is 8. The molecule has 1 amide bonds. The van der Waals surface area contributed by atoms with E-state index in [0.717, 1.165) is 48.5 Å². The van der Waals surface area contributed by atoms with E-state index in [1.54, 1.807) is 35.6 Å². The van der Waals surface area contributed by atoms with Crippen LogP contribution in [0.4, 0.5) is 5.69 Å². The number of sulfonamides is 1. The average molecular weight is 527 g/mol. The Kier molecular flexibility index (Phi) is 7.66. The lowest BCUT2D eigenvalue weighted by Crippen LogP contribution is -2.40. The standard InChI is InChI=1S/C26H30N4O4S2/c31-25-8-4-13-28(25)14-5-15-30-24(21-6-2-1-3-7-21)20-35-26(30)27-22-9-11-23(12-10-22)36(32,33)29-16-18-34-19-17-29/h1-3,6-7,9-12,20H,4-5,8,13-19H2. The van der Waals surface area contributed by atoms with Crippen LogP contribution in [0, 0.1) is 0 Å². The van der Waals surface area contributed by atoms with E-state index in [-0.39, 0.29) is 10.8 Å². The van der Waals surface area contributed by atoms with Crippen molar-refractivity contribution in [1.29, 1.82) is 0 Å². The van der Waals surface area contributed by atoms with Gasteiger partial charge in [0.2, 0.25) is 15.9 Å². The van der Waals surface area contributed by atoms with Gasteiger partial charge in [-0.25, -0.2) is 13.4 Å². The van der Waals surface area contributed by atoms with Crippen LogP contribution in [-0.4, -0.2) is 67.5 Å². The van der Waals surface area contributed by atoms with Crippen LogP contribution >= 0.6 is 11.3 Å². The molecule has 2 fully saturated rings. The van der Waals surface area contributed by atoms with Crippen LogP contribution in [-0.2, 0) is 26.1 Å². The minimum atomic E-state index is -3.54. The SMILES string of the molecule is O=C1CCCN1CCCn1c(-c2ccccc2)csc1=Nc1ccc(S(=O)(=O)N2CCOCC2)cc1. The molecule has 190 valence electrons. The molecular formula is C26H30N4O4S2. The Morgan fingerprint density at radius 1 is 0.944 bits per heavy atom. The van der Waals surface area contributed by atoms with Crippen LogP contribution < -0.4 is 4.80 Å². The van der Waals surface area contributed by atoms with Gasteiger partial charge in [-0.3, -0.25) is 4.79 Å². The molecule has 0 N–H and O–H groups in total. The summed E-state index contributed by atoms with van der Waals surface area (Å²) in [5.74, 6) is 0.241. The van der Waals surface area contributed by atoms with Crippen molar-refractivity contribution in [2.24, 2.45) is 4.99 Å². The zero-order chi connectivity index (χ0) is 25.0. The predicted molar refractivity (Wildman–Crippen MR) is 139 cm³/mol. The molecular weight excluding hydrogens is 496 g/mol. The van der Waals surface area contributed by atoms with Gasteiger partial charge < -0.3 is 14.2 Å². The molecule has 0 atom stereocenters. The Morgan fingerprint density at radius 3 is 2.39 bits per heavy atom. The number of aromatic nitrogens is 1. The fraction of sp³-hybridized carbons (Fsp3) is 0.385. The van der Waals surface area contributed by atoms with Crippen molar-refractivity contribution in [3.8, 4) is 11.3 Å². The number of nitrogens with zero attached hydrogens (tertiary/aromatic N) is 4. The van der Waals surface area contributed by atoms with Crippen molar-refractivity contribution < 1.29 is 17.9 Å². The number of morpholine rings is 1. The zero-order valence-corrected chi connectivity index (χ0v) is 21.7. The Labute approximate surface area is 215 Å². The number of thiazole rings is 1. The summed E-state index contributed by atoms with van der Waals surface area (Å²) in [7, 11) is -3.54. The van der Waals surface area contributed by atoms with Gasteiger partial charge >= 0.3 is 0 Å². The van der Waals surface area contributed by atoms with E-state index in [0.29, 0.717) is 38.4 Å². The van der Waals surface area contributed by atoms with E-state index >= 15 is 0 Å². The summed E-state index contributed by atoms with van der Waals surface area (Å²) in [6, 6.07) is 16.9. The van der Waals surface area contributed by atoms with E-state index in [1.807, 2.05) is 23.1 Å². The first-order valence-electron chi connectivity index (χ1n) is 12.3. The number of hydrogen-bond donors (Lipinski definition) is 0. The van der Waals surface area contributed by atoms with Crippen LogP contribution in [0.5, 0.6) is 0 Å². The van der Waals surface area contributed by atoms with Crippen LogP contribution in [0.2, 0.25) is 0 Å². The molecule has 3 aromatic rings. The molecule has 0 spiro atoms. The number of likely N-dealkylation sites (tertiary alicyclic amines) is 1. The lowest BCUT2D eigenvalue weighted by Gasteiger charge is -2.26. The third-order valence-corrected chi connectivity index (χ3v) is 9.29. The highest BCUT2D eigenvalue weighted by atomic mass is 32.2. The number of benzene rings is 2. The summed E-state index contributed by atoms with van der Waals surface area (Å²) >= 11 is 1.56. The summed E-state index contributed by atoms with van der Waals surface area (Å²) < 4.78 is 34.8. The number of hydrogen-bond acceptors (Lipinski definition) is 6. The Bertz CT molecular complexity index is 1360. The normalized spacial score (nSPS) is 17.7. The maximum atomic E-state index is 12.9. The van der Waals surface area contributed by atoms with E-state index < -0.39 is 10.0 Å². The average Bonchev–Trinajstić information content (AvgIpc) is 3.51. The molecule has 2 aromatic carbocycles. The molecule has 36 heavy (non-hydrogen) atoms. The third-order valence-electron chi connectivity index (χ3n) is 6.52. The summed E-state index contributed by atoms with van der Waals surface area (Å²) in [4.78, 5) is 19.9. The fourth-order valence-corrected chi connectivity index (χ4v) is 6.94. The summed E-state index contributed by atoms with van der Waals surface area (Å²) in [5, 5.41) is 2.10. The summed E-state index contributed by atoms with van der Waals surface area (Å²) in [6.07, 6.45) is 2.43. The Morgan fingerprint density at radius 2 is 1.69 bits per heavy atom. The third kappa shape index (κ3) is 5.46. The zero-order valence-electron chi connectivity index (χ0n) is 20.1. The van der Waals surface area contributed by atoms with Gasteiger partial charge in [-0.05, 0) is 42.7 Å².